The van der Waals surface area contributed by atoms with Gasteiger partial charge in [0.25, 0.3) is 0 Å². The van der Waals surface area contributed by atoms with Crippen molar-refractivity contribution in [2.24, 2.45) is 0 Å². The number of aromatic nitrogens is 2. The largest absolute Gasteiger partial charge is 0.493 e. The van der Waals surface area contributed by atoms with Gasteiger partial charge in [0.15, 0.2) is 0 Å². The van der Waals surface area contributed by atoms with Gasteiger partial charge in [-0.3, -0.25) is 0 Å². The van der Waals surface area contributed by atoms with Crippen LogP contribution in [0.4, 0.5) is 0 Å². The Labute approximate surface area is 144 Å². The molecular weight excluding hydrogens is 298 g/mol. The van der Waals surface area contributed by atoms with Crippen molar-refractivity contribution in [1.82, 2.24) is 14.9 Å². The molecule has 0 spiro atoms. The summed E-state index contributed by atoms with van der Waals surface area (Å²) >= 11 is 0. The molecule has 1 unspecified atom stereocenters. The van der Waals surface area contributed by atoms with Crippen molar-refractivity contribution >= 4 is 0 Å². The van der Waals surface area contributed by atoms with E-state index in [-0.39, 0.29) is 0 Å². The third-order valence-corrected chi connectivity index (χ3v) is 5.48. The lowest BCUT2D eigenvalue weighted by atomic mass is 9.97. The van der Waals surface area contributed by atoms with Gasteiger partial charge in [-0.2, -0.15) is 0 Å². The van der Waals surface area contributed by atoms with Crippen molar-refractivity contribution < 1.29 is 4.74 Å². The lowest BCUT2D eigenvalue weighted by molar-refractivity contribution is 0.315. The molecule has 4 nitrogen and oxygen atoms in total. The zero-order valence-corrected chi connectivity index (χ0v) is 14.8. The van der Waals surface area contributed by atoms with E-state index in [2.05, 4.69) is 47.0 Å². The highest BCUT2D eigenvalue weighted by Crippen LogP contribution is 2.34. The lowest BCUT2D eigenvalue weighted by Gasteiger charge is -2.21. The number of ether oxygens (including phenoxy) is 1. The van der Waals surface area contributed by atoms with Gasteiger partial charge in [-0.1, -0.05) is 6.07 Å². The highest BCUT2D eigenvalue weighted by Gasteiger charge is 2.21. The zero-order chi connectivity index (χ0) is 16.5. The van der Waals surface area contributed by atoms with Crippen molar-refractivity contribution in [1.29, 1.82) is 0 Å². The van der Waals surface area contributed by atoms with E-state index in [0.29, 0.717) is 6.04 Å². The summed E-state index contributed by atoms with van der Waals surface area (Å²) in [5.41, 5.74) is 5.28. The molecule has 0 radical (unpaired) electrons. The van der Waals surface area contributed by atoms with Gasteiger partial charge in [0.05, 0.1) is 12.3 Å². The van der Waals surface area contributed by atoms with Crippen molar-refractivity contribution in [3.63, 3.8) is 0 Å². The van der Waals surface area contributed by atoms with Crippen LogP contribution in [0.15, 0.2) is 18.3 Å². The molecule has 2 aliphatic rings. The number of imidazole rings is 1. The predicted molar refractivity (Wildman–Crippen MR) is 95.4 cm³/mol. The first-order chi connectivity index (χ1) is 11.7. The molecule has 0 saturated heterocycles. The van der Waals surface area contributed by atoms with Crippen LogP contribution < -0.4 is 10.1 Å². The van der Waals surface area contributed by atoms with Crippen LogP contribution >= 0.6 is 0 Å². The molecule has 1 N–H and O–H groups in total. The Hall–Kier alpha value is -1.81. The van der Waals surface area contributed by atoms with E-state index in [4.69, 9.17) is 4.74 Å². The van der Waals surface area contributed by atoms with Gasteiger partial charge >= 0.3 is 0 Å². The Morgan fingerprint density at radius 3 is 3.00 bits per heavy atom. The van der Waals surface area contributed by atoms with Crippen molar-refractivity contribution in [3.8, 4) is 5.75 Å². The Morgan fingerprint density at radius 1 is 1.21 bits per heavy atom. The summed E-state index contributed by atoms with van der Waals surface area (Å²) in [5, 5.41) is 3.78. The summed E-state index contributed by atoms with van der Waals surface area (Å²) in [4.78, 5) is 4.61. The minimum atomic E-state index is 0.358. The molecule has 3 heterocycles. The van der Waals surface area contributed by atoms with Crippen molar-refractivity contribution in [2.45, 2.75) is 65.1 Å². The van der Waals surface area contributed by atoms with Crippen LogP contribution in [0.2, 0.25) is 0 Å². The maximum Gasteiger partial charge on any atom is 0.124 e. The van der Waals surface area contributed by atoms with E-state index in [1.54, 1.807) is 0 Å². The van der Waals surface area contributed by atoms with Crippen LogP contribution in [-0.4, -0.2) is 16.2 Å². The van der Waals surface area contributed by atoms with Crippen molar-refractivity contribution in [3.05, 3.63) is 46.5 Å². The molecule has 2 aromatic rings. The van der Waals surface area contributed by atoms with Crippen LogP contribution in [0.25, 0.3) is 0 Å². The van der Waals surface area contributed by atoms with E-state index < -0.39 is 0 Å². The monoisotopic (exact) mass is 325 g/mol. The average Bonchev–Trinajstić information content (AvgIpc) is 2.90. The topological polar surface area (TPSA) is 39.1 Å². The third kappa shape index (κ3) is 2.95. The van der Waals surface area contributed by atoms with E-state index in [1.807, 2.05) is 0 Å². The summed E-state index contributed by atoms with van der Waals surface area (Å²) in [6.07, 6.45) is 7.94. The predicted octanol–water partition coefficient (Wildman–Crippen LogP) is 3.84. The quantitative estimate of drug-likeness (QED) is 0.932. The summed E-state index contributed by atoms with van der Waals surface area (Å²) < 4.78 is 8.39. The van der Waals surface area contributed by atoms with Crippen LogP contribution in [0.1, 0.15) is 59.9 Å². The second-order valence-electron chi connectivity index (χ2n) is 7.17. The van der Waals surface area contributed by atoms with E-state index >= 15 is 0 Å². The molecule has 2 aliphatic heterocycles. The normalized spacial score (nSPS) is 20.0. The summed E-state index contributed by atoms with van der Waals surface area (Å²) in [6, 6.07) is 4.86. The fourth-order valence-electron chi connectivity index (χ4n) is 3.89. The molecule has 24 heavy (non-hydrogen) atoms. The average molecular weight is 325 g/mol. The molecule has 4 heteroatoms. The number of nitrogens with one attached hydrogen (secondary N) is 1. The molecule has 0 fully saturated rings. The second-order valence-corrected chi connectivity index (χ2v) is 7.17. The Bertz CT molecular complexity index is 735. The lowest BCUT2D eigenvalue weighted by Crippen LogP contribution is -2.23. The molecular formula is C20H27N3O. The Balaban J connectivity index is 1.55. The van der Waals surface area contributed by atoms with Gasteiger partial charge in [0, 0.05) is 37.3 Å². The molecule has 0 bridgehead atoms. The molecule has 1 aromatic heterocycles. The van der Waals surface area contributed by atoms with Crippen LogP contribution in [0, 0.1) is 13.8 Å². The van der Waals surface area contributed by atoms with E-state index in [0.717, 1.165) is 44.7 Å². The fraction of sp³-hybridized carbons (Fsp3) is 0.550. The number of aryl methyl sites for hydroxylation is 3. The molecule has 1 aromatic carbocycles. The number of hydrogen-bond donors (Lipinski definition) is 1. The van der Waals surface area contributed by atoms with Gasteiger partial charge in [0.1, 0.15) is 11.6 Å². The van der Waals surface area contributed by atoms with Gasteiger partial charge in [0.2, 0.25) is 0 Å². The highest BCUT2D eigenvalue weighted by molar-refractivity contribution is 5.44. The Morgan fingerprint density at radius 2 is 2.08 bits per heavy atom. The first-order valence-corrected chi connectivity index (χ1v) is 9.23. The first-order valence-electron chi connectivity index (χ1n) is 9.23. The number of nitrogens with zero attached hydrogens (tertiary/aromatic N) is 2. The van der Waals surface area contributed by atoms with Gasteiger partial charge in [-0.25, -0.2) is 4.98 Å². The smallest absolute Gasteiger partial charge is 0.124 e. The summed E-state index contributed by atoms with van der Waals surface area (Å²) in [5.74, 6) is 2.32. The third-order valence-electron chi connectivity index (χ3n) is 5.48. The SMILES string of the molecule is Cc1cc2c(cc1C)C(NCc1cnc3n1CCCC3)CCCO2. The van der Waals surface area contributed by atoms with E-state index in [1.165, 1.54) is 41.1 Å². The second kappa shape index (κ2) is 6.60. The number of rotatable bonds is 3. The molecule has 0 saturated carbocycles. The maximum absolute atomic E-state index is 5.98. The number of hydrogen-bond acceptors (Lipinski definition) is 3. The highest BCUT2D eigenvalue weighted by atomic mass is 16.5. The minimum Gasteiger partial charge on any atom is -0.493 e. The van der Waals surface area contributed by atoms with E-state index in [9.17, 15) is 0 Å². The summed E-state index contributed by atoms with van der Waals surface area (Å²) in [6.45, 7) is 7.16. The summed E-state index contributed by atoms with van der Waals surface area (Å²) in [7, 11) is 0. The number of benzene rings is 1. The van der Waals surface area contributed by atoms with Crippen LogP contribution in [0.5, 0.6) is 5.75 Å². The van der Waals surface area contributed by atoms with Gasteiger partial charge < -0.3 is 14.6 Å². The molecule has 1 atom stereocenters. The van der Waals surface area contributed by atoms with Crippen molar-refractivity contribution in [2.75, 3.05) is 6.61 Å². The molecule has 4 rings (SSSR count). The van der Waals surface area contributed by atoms with Gasteiger partial charge in [-0.05, 0) is 56.7 Å². The van der Waals surface area contributed by atoms with Crippen LogP contribution in [0.3, 0.4) is 0 Å². The minimum absolute atomic E-state index is 0.358. The molecule has 0 aliphatic carbocycles. The number of fused-ring (bicyclic) bond motifs is 2. The molecule has 128 valence electrons. The van der Waals surface area contributed by atoms with Crippen LogP contribution in [-0.2, 0) is 19.5 Å². The van der Waals surface area contributed by atoms with Gasteiger partial charge in [-0.15, -0.1) is 0 Å². The Kier molecular flexibility index (Phi) is 4.31. The maximum atomic E-state index is 5.98. The fourth-order valence-corrected chi connectivity index (χ4v) is 3.89. The standard InChI is InChI=1S/C20H27N3O/c1-14-10-17-18(6-5-9-24-19(17)11-15(14)2)21-12-16-13-22-20-7-3-4-8-23(16)20/h10-11,13,18,21H,3-9,12H2,1-2H3. The first kappa shape index (κ1) is 15.7. The molecule has 0 amide bonds. The zero-order valence-electron chi connectivity index (χ0n) is 14.8.